The molecule has 1 N–H and O–H groups in total. The van der Waals surface area contributed by atoms with Crippen molar-refractivity contribution in [2.24, 2.45) is 0 Å². The van der Waals surface area contributed by atoms with Gasteiger partial charge in [0.2, 0.25) is 0 Å². The van der Waals surface area contributed by atoms with E-state index in [0.29, 0.717) is 0 Å². The van der Waals surface area contributed by atoms with Gasteiger partial charge in [0.25, 0.3) is 0 Å². The van der Waals surface area contributed by atoms with Gasteiger partial charge in [0.15, 0.2) is 0 Å². The molecule has 4 nitrogen and oxygen atoms in total. The summed E-state index contributed by atoms with van der Waals surface area (Å²) in [6.07, 6.45) is 0.807. The SMILES string of the molecule is c1ccc(Nc2ccc(N(c3ccc(Cc4ccc(N(c5ccc(N(c6ccccc6)c6cccc7ccccc67)cc5)c5cccc6ccccc56)cc4)cc3)c3cccc4ccccc34)cc2)cc1. The highest BCUT2D eigenvalue weighted by atomic mass is 15.2. The molecular weight excluding hydrogens is 861 g/mol. The van der Waals surface area contributed by atoms with E-state index in [1.54, 1.807) is 0 Å². The molecule has 4 heteroatoms. The van der Waals surface area contributed by atoms with Crippen molar-refractivity contribution in [2.75, 3.05) is 20.0 Å². The van der Waals surface area contributed by atoms with Crippen molar-refractivity contribution in [2.45, 2.75) is 6.42 Å². The number of rotatable bonds is 13. The summed E-state index contributed by atoms with van der Waals surface area (Å²) >= 11 is 0. The highest BCUT2D eigenvalue weighted by Gasteiger charge is 2.20. The summed E-state index contributed by atoms with van der Waals surface area (Å²) in [5.41, 5.74) is 14.6. The Bertz CT molecular complexity index is 3730. The van der Waals surface area contributed by atoms with Crippen LogP contribution in [-0.2, 0) is 6.42 Å². The molecule has 0 aromatic heterocycles. The second kappa shape index (κ2) is 19.3. The van der Waals surface area contributed by atoms with Crippen LogP contribution in [0.3, 0.4) is 0 Å². The van der Waals surface area contributed by atoms with Gasteiger partial charge in [0.1, 0.15) is 0 Å². The monoisotopic (exact) mass is 910 g/mol. The molecule has 0 aliphatic carbocycles. The standard InChI is InChI=1S/C67H50N4/c1-3-22-54(23-4-1)68-55-36-42-59(43-37-55)70(66-30-14-20-52-17-8-11-27-63(52)66)57-38-32-49(33-39-57)48-50-34-40-58(41-35-50)71(67-31-15-21-53-18-9-12-28-64(53)67)61-46-44-60(45-47-61)69(56-24-5-2-6-25-56)65-29-13-19-51-16-7-10-26-62(51)65/h1-47,68H,48H2. The predicted octanol–water partition coefficient (Wildman–Crippen LogP) is 18.9. The highest BCUT2D eigenvalue weighted by Crippen LogP contribution is 2.44. The zero-order valence-corrected chi connectivity index (χ0v) is 39.2. The van der Waals surface area contributed by atoms with E-state index in [1.165, 1.54) is 43.4 Å². The van der Waals surface area contributed by atoms with Gasteiger partial charge in [0, 0.05) is 61.7 Å². The summed E-state index contributed by atoms with van der Waals surface area (Å²) in [6.45, 7) is 0. The fourth-order valence-electron chi connectivity index (χ4n) is 9.96. The van der Waals surface area contributed by atoms with Crippen molar-refractivity contribution in [1.29, 1.82) is 0 Å². The molecular formula is C67H50N4. The van der Waals surface area contributed by atoms with Crippen molar-refractivity contribution >= 4 is 94.9 Å². The Morgan fingerprint density at radius 2 is 0.507 bits per heavy atom. The number of fused-ring (bicyclic) bond motifs is 3. The molecule has 0 aliphatic heterocycles. The van der Waals surface area contributed by atoms with Gasteiger partial charge in [-0.3, -0.25) is 0 Å². The molecule has 338 valence electrons. The quantitative estimate of drug-likeness (QED) is 0.124. The fourth-order valence-corrected chi connectivity index (χ4v) is 9.96. The molecule has 0 spiro atoms. The number of hydrogen-bond donors (Lipinski definition) is 1. The lowest BCUT2D eigenvalue weighted by molar-refractivity contribution is 1.18. The number of para-hydroxylation sites is 2. The lowest BCUT2D eigenvalue weighted by Gasteiger charge is -2.29. The van der Waals surface area contributed by atoms with E-state index in [4.69, 9.17) is 0 Å². The number of benzene rings is 12. The van der Waals surface area contributed by atoms with Gasteiger partial charge in [-0.1, -0.05) is 170 Å². The molecule has 12 aromatic carbocycles. The van der Waals surface area contributed by atoms with Gasteiger partial charge < -0.3 is 20.0 Å². The highest BCUT2D eigenvalue weighted by molar-refractivity contribution is 6.02. The molecule has 0 amide bonds. The fraction of sp³-hybridized carbons (Fsp3) is 0.0149. The van der Waals surface area contributed by atoms with Gasteiger partial charge in [0.05, 0.1) is 17.1 Å². The maximum absolute atomic E-state index is 3.54. The molecule has 0 fully saturated rings. The summed E-state index contributed by atoms with van der Waals surface area (Å²) in [6, 6.07) is 102. The minimum absolute atomic E-state index is 0.807. The number of anilines is 11. The lowest BCUT2D eigenvalue weighted by atomic mass is 10.0. The molecule has 0 bridgehead atoms. The summed E-state index contributed by atoms with van der Waals surface area (Å²) in [4.78, 5) is 7.12. The Kier molecular flexibility index (Phi) is 11.7. The van der Waals surface area contributed by atoms with Crippen molar-refractivity contribution in [3.05, 3.63) is 296 Å². The average molecular weight is 911 g/mol. The molecule has 0 unspecified atom stereocenters. The second-order valence-electron chi connectivity index (χ2n) is 17.9. The van der Waals surface area contributed by atoms with Crippen LogP contribution in [-0.4, -0.2) is 0 Å². The summed E-state index contributed by atoms with van der Waals surface area (Å²) in [7, 11) is 0. The molecule has 0 radical (unpaired) electrons. The van der Waals surface area contributed by atoms with E-state index < -0.39 is 0 Å². The smallest absolute Gasteiger partial charge is 0.0540 e. The average Bonchev–Trinajstić information content (AvgIpc) is 3.44. The van der Waals surface area contributed by atoms with Crippen LogP contribution in [0.15, 0.2) is 285 Å². The van der Waals surface area contributed by atoms with Crippen molar-refractivity contribution in [3.8, 4) is 0 Å². The summed E-state index contributed by atoms with van der Waals surface area (Å²) < 4.78 is 0. The van der Waals surface area contributed by atoms with Crippen LogP contribution in [0.4, 0.5) is 62.6 Å². The number of nitrogens with zero attached hydrogens (tertiary/aromatic N) is 3. The number of hydrogen-bond acceptors (Lipinski definition) is 4. The van der Waals surface area contributed by atoms with Crippen LogP contribution < -0.4 is 20.0 Å². The van der Waals surface area contributed by atoms with E-state index in [-0.39, 0.29) is 0 Å². The van der Waals surface area contributed by atoms with Gasteiger partial charge in [-0.25, -0.2) is 0 Å². The van der Waals surface area contributed by atoms with E-state index >= 15 is 0 Å². The van der Waals surface area contributed by atoms with Crippen LogP contribution in [0.1, 0.15) is 11.1 Å². The van der Waals surface area contributed by atoms with Gasteiger partial charge >= 0.3 is 0 Å². The zero-order valence-electron chi connectivity index (χ0n) is 39.2. The minimum Gasteiger partial charge on any atom is -0.356 e. The summed E-state index contributed by atoms with van der Waals surface area (Å²) in [5, 5.41) is 10.8. The summed E-state index contributed by atoms with van der Waals surface area (Å²) in [5.74, 6) is 0. The first-order chi connectivity index (χ1) is 35.2. The van der Waals surface area contributed by atoms with Gasteiger partial charge in [-0.15, -0.1) is 0 Å². The zero-order chi connectivity index (χ0) is 47.3. The predicted molar refractivity (Wildman–Crippen MR) is 302 cm³/mol. The van der Waals surface area contributed by atoms with Crippen LogP contribution in [0.2, 0.25) is 0 Å². The Morgan fingerprint density at radius 3 is 0.901 bits per heavy atom. The van der Waals surface area contributed by atoms with Gasteiger partial charge in [-0.2, -0.15) is 0 Å². The Labute approximate surface area is 415 Å². The molecule has 0 saturated carbocycles. The van der Waals surface area contributed by atoms with Crippen molar-refractivity contribution in [3.63, 3.8) is 0 Å². The largest absolute Gasteiger partial charge is 0.356 e. The van der Waals surface area contributed by atoms with E-state index in [1.807, 2.05) is 18.2 Å². The second-order valence-corrected chi connectivity index (χ2v) is 17.9. The molecule has 12 aromatic rings. The third-order valence-corrected chi connectivity index (χ3v) is 13.4. The first-order valence-electron chi connectivity index (χ1n) is 24.3. The Hall–Kier alpha value is -9.38. The maximum Gasteiger partial charge on any atom is 0.0540 e. The molecule has 0 aliphatic rings. The molecule has 0 heterocycles. The Morgan fingerprint density at radius 1 is 0.225 bits per heavy atom. The van der Waals surface area contributed by atoms with Crippen molar-refractivity contribution < 1.29 is 0 Å². The normalized spacial score (nSPS) is 11.2. The lowest BCUT2D eigenvalue weighted by Crippen LogP contribution is -2.12. The first kappa shape index (κ1) is 42.9. The Balaban J connectivity index is 0.856. The third-order valence-electron chi connectivity index (χ3n) is 13.4. The maximum atomic E-state index is 3.54. The molecule has 71 heavy (non-hydrogen) atoms. The minimum atomic E-state index is 0.807. The van der Waals surface area contributed by atoms with Crippen LogP contribution >= 0.6 is 0 Å². The molecule has 12 rings (SSSR count). The van der Waals surface area contributed by atoms with E-state index in [9.17, 15) is 0 Å². The topological polar surface area (TPSA) is 21.8 Å². The van der Waals surface area contributed by atoms with E-state index in [2.05, 4.69) is 287 Å². The third kappa shape index (κ3) is 8.83. The van der Waals surface area contributed by atoms with E-state index in [0.717, 1.165) is 69.0 Å². The number of nitrogens with one attached hydrogen (secondary N) is 1. The van der Waals surface area contributed by atoms with Crippen molar-refractivity contribution in [1.82, 2.24) is 0 Å². The first-order valence-corrected chi connectivity index (χ1v) is 24.3. The molecule has 0 saturated heterocycles. The van der Waals surface area contributed by atoms with Crippen LogP contribution in [0.25, 0.3) is 32.3 Å². The van der Waals surface area contributed by atoms with Crippen LogP contribution in [0.5, 0.6) is 0 Å². The molecule has 0 atom stereocenters. The van der Waals surface area contributed by atoms with Crippen LogP contribution in [0, 0.1) is 0 Å². The van der Waals surface area contributed by atoms with Gasteiger partial charge in [-0.05, 0) is 149 Å².